The molecule has 1 aromatic heterocycles. The lowest BCUT2D eigenvalue weighted by atomic mass is 10.1. The topological polar surface area (TPSA) is 117 Å². The van der Waals surface area contributed by atoms with E-state index in [4.69, 9.17) is 9.47 Å². The molecular weight excluding hydrogens is 428 g/mol. The van der Waals surface area contributed by atoms with Crippen LogP contribution in [0.5, 0.6) is 11.5 Å². The molecule has 0 aliphatic rings. The lowest BCUT2D eigenvalue weighted by Crippen LogP contribution is -2.30. The zero-order valence-electron chi connectivity index (χ0n) is 19.0. The average Bonchev–Trinajstić information content (AvgIpc) is 2.83. The van der Waals surface area contributed by atoms with Crippen LogP contribution in [0.1, 0.15) is 31.4 Å². The summed E-state index contributed by atoms with van der Waals surface area (Å²) in [5.41, 5.74) is 0.930. The molecule has 33 heavy (non-hydrogen) atoms. The van der Waals surface area contributed by atoms with Gasteiger partial charge in [-0.2, -0.15) is 0 Å². The van der Waals surface area contributed by atoms with E-state index < -0.39 is 4.92 Å². The summed E-state index contributed by atoms with van der Waals surface area (Å²) in [4.78, 5) is 42.0. The predicted molar refractivity (Wildman–Crippen MR) is 123 cm³/mol. The molecule has 0 spiro atoms. The Labute approximate surface area is 190 Å². The van der Waals surface area contributed by atoms with Crippen molar-refractivity contribution in [2.75, 3.05) is 21.3 Å². The van der Waals surface area contributed by atoms with Crippen LogP contribution >= 0.6 is 0 Å². The average molecular weight is 454 g/mol. The van der Waals surface area contributed by atoms with Gasteiger partial charge in [0.25, 0.3) is 11.2 Å². The fourth-order valence-corrected chi connectivity index (χ4v) is 3.56. The third kappa shape index (κ3) is 5.11. The largest absolute Gasteiger partial charge is 0.493 e. The second-order valence-electron chi connectivity index (χ2n) is 7.60. The number of nitro groups is 1. The highest BCUT2D eigenvalue weighted by atomic mass is 16.6. The van der Waals surface area contributed by atoms with Crippen molar-refractivity contribution in [3.63, 3.8) is 0 Å². The van der Waals surface area contributed by atoms with E-state index in [0.717, 1.165) is 0 Å². The molecule has 10 nitrogen and oxygen atoms in total. The molecule has 174 valence electrons. The molecule has 1 unspecified atom stereocenters. The van der Waals surface area contributed by atoms with Gasteiger partial charge in [0.2, 0.25) is 5.91 Å². The van der Waals surface area contributed by atoms with Gasteiger partial charge >= 0.3 is 0 Å². The molecule has 0 fully saturated rings. The van der Waals surface area contributed by atoms with E-state index in [9.17, 15) is 19.7 Å². The fourth-order valence-electron chi connectivity index (χ4n) is 3.56. The molecule has 0 aliphatic carbocycles. The molecule has 0 radical (unpaired) electrons. The normalized spacial score (nSPS) is 11.8. The summed E-state index contributed by atoms with van der Waals surface area (Å²) in [7, 11) is 4.67. The molecule has 1 heterocycles. The number of aromatic nitrogens is 2. The fraction of sp³-hybridized carbons (Fsp3) is 0.348. The minimum absolute atomic E-state index is 0.0161. The summed E-state index contributed by atoms with van der Waals surface area (Å²) in [6.45, 7) is 2.14. The van der Waals surface area contributed by atoms with E-state index in [1.54, 1.807) is 36.2 Å². The Kier molecular flexibility index (Phi) is 7.27. The van der Waals surface area contributed by atoms with Gasteiger partial charge in [0.1, 0.15) is 0 Å². The van der Waals surface area contributed by atoms with E-state index in [1.165, 1.54) is 37.2 Å². The van der Waals surface area contributed by atoms with Gasteiger partial charge in [-0.1, -0.05) is 12.1 Å². The zero-order chi connectivity index (χ0) is 24.1. The first-order valence-electron chi connectivity index (χ1n) is 10.4. The first-order valence-corrected chi connectivity index (χ1v) is 10.4. The van der Waals surface area contributed by atoms with Crippen molar-refractivity contribution >= 4 is 22.5 Å². The van der Waals surface area contributed by atoms with Gasteiger partial charge in [0, 0.05) is 38.2 Å². The molecule has 2 aromatic carbocycles. The van der Waals surface area contributed by atoms with Crippen molar-refractivity contribution < 1.29 is 19.2 Å². The lowest BCUT2D eigenvalue weighted by Gasteiger charge is -2.25. The monoisotopic (exact) mass is 454 g/mol. The van der Waals surface area contributed by atoms with Gasteiger partial charge in [0.15, 0.2) is 11.5 Å². The number of hydrogen-bond acceptors (Lipinski definition) is 7. The summed E-state index contributed by atoms with van der Waals surface area (Å²) in [6, 6.07) is 9.16. The minimum Gasteiger partial charge on any atom is -0.493 e. The van der Waals surface area contributed by atoms with E-state index in [1.807, 2.05) is 6.92 Å². The number of benzene rings is 2. The van der Waals surface area contributed by atoms with Crippen LogP contribution in [-0.2, 0) is 11.3 Å². The molecule has 0 aliphatic heterocycles. The van der Waals surface area contributed by atoms with Gasteiger partial charge < -0.3 is 14.4 Å². The molecule has 0 bridgehead atoms. The van der Waals surface area contributed by atoms with Crippen LogP contribution in [0.25, 0.3) is 10.9 Å². The highest BCUT2D eigenvalue weighted by Crippen LogP contribution is 2.30. The number of carbonyl (C=O) groups excluding carboxylic acids is 1. The Bertz CT molecular complexity index is 1240. The summed E-state index contributed by atoms with van der Waals surface area (Å²) < 4.78 is 12.0. The van der Waals surface area contributed by atoms with Gasteiger partial charge in [-0.15, -0.1) is 0 Å². The number of methoxy groups -OCH3 is 2. The Morgan fingerprint density at radius 1 is 1.21 bits per heavy atom. The third-order valence-corrected chi connectivity index (χ3v) is 5.66. The van der Waals surface area contributed by atoms with E-state index in [0.29, 0.717) is 40.9 Å². The Hall–Kier alpha value is -3.95. The SMILES string of the molecule is COc1cc2ncn(CCCC(=O)N(C)C(C)c3cccc([N+](=O)[O-])c3)c(=O)c2cc1OC. The van der Waals surface area contributed by atoms with Crippen LogP contribution in [0.3, 0.4) is 0 Å². The highest BCUT2D eigenvalue weighted by molar-refractivity contribution is 5.81. The minimum atomic E-state index is -0.459. The Morgan fingerprint density at radius 3 is 2.58 bits per heavy atom. The van der Waals surface area contributed by atoms with Crippen molar-refractivity contribution in [3.05, 3.63) is 68.8 Å². The van der Waals surface area contributed by atoms with Crippen molar-refractivity contribution in [2.24, 2.45) is 0 Å². The van der Waals surface area contributed by atoms with Gasteiger partial charge in [-0.25, -0.2) is 4.98 Å². The maximum atomic E-state index is 12.9. The number of aryl methyl sites for hydroxylation is 1. The number of carbonyl (C=O) groups is 1. The summed E-state index contributed by atoms with van der Waals surface area (Å²) in [6.07, 6.45) is 2.11. The standard InChI is InChI=1S/C23H26N4O6/c1-15(16-7-5-8-17(11-16)27(30)31)25(2)22(28)9-6-10-26-14-24-19-13-21(33-4)20(32-3)12-18(19)23(26)29/h5,7-8,11-15H,6,9-10H2,1-4H3. The predicted octanol–water partition coefficient (Wildman–Crippen LogP) is 3.32. The lowest BCUT2D eigenvalue weighted by molar-refractivity contribution is -0.384. The number of nitrogens with zero attached hydrogens (tertiary/aromatic N) is 4. The maximum Gasteiger partial charge on any atom is 0.269 e. The molecule has 3 rings (SSSR count). The van der Waals surface area contributed by atoms with Crippen molar-refractivity contribution in [1.82, 2.24) is 14.5 Å². The van der Waals surface area contributed by atoms with Crippen LogP contribution in [0, 0.1) is 10.1 Å². The summed E-state index contributed by atoms with van der Waals surface area (Å²) in [5.74, 6) is 0.803. The second-order valence-corrected chi connectivity index (χ2v) is 7.60. The van der Waals surface area contributed by atoms with Crippen molar-refractivity contribution in [1.29, 1.82) is 0 Å². The molecule has 10 heteroatoms. The molecule has 1 amide bonds. The summed E-state index contributed by atoms with van der Waals surface area (Å²) >= 11 is 0. The molecule has 0 saturated carbocycles. The third-order valence-electron chi connectivity index (χ3n) is 5.66. The molecule has 1 atom stereocenters. The van der Waals surface area contributed by atoms with E-state index >= 15 is 0 Å². The number of fused-ring (bicyclic) bond motifs is 1. The second kappa shape index (κ2) is 10.1. The molecule has 0 saturated heterocycles. The van der Waals surface area contributed by atoms with Crippen LogP contribution in [0.15, 0.2) is 47.5 Å². The Morgan fingerprint density at radius 2 is 1.91 bits per heavy atom. The van der Waals surface area contributed by atoms with Crippen LogP contribution in [-0.4, -0.2) is 46.5 Å². The van der Waals surface area contributed by atoms with Crippen LogP contribution in [0.2, 0.25) is 0 Å². The van der Waals surface area contributed by atoms with E-state index in [2.05, 4.69) is 4.98 Å². The summed E-state index contributed by atoms with van der Waals surface area (Å²) in [5, 5.41) is 11.4. The van der Waals surface area contributed by atoms with Gasteiger partial charge in [-0.3, -0.25) is 24.3 Å². The quantitative estimate of drug-likeness (QED) is 0.360. The van der Waals surface area contributed by atoms with Crippen LogP contribution in [0.4, 0.5) is 5.69 Å². The number of nitro benzene ring substituents is 1. The highest BCUT2D eigenvalue weighted by Gasteiger charge is 2.19. The molecule has 3 aromatic rings. The van der Waals surface area contributed by atoms with E-state index in [-0.39, 0.29) is 29.6 Å². The van der Waals surface area contributed by atoms with Crippen molar-refractivity contribution in [3.8, 4) is 11.5 Å². The maximum absolute atomic E-state index is 12.9. The van der Waals surface area contributed by atoms with Gasteiger partial charge in [0.05, 0.1) is 42.4 Å². The molecule has 0 N–H and O–H groups in total. The van der Waals surface area contributed by atoms with Crippen LogP contribution < -0.4 is 15.0 Å². The first-order chi connectivity index (χ1) is 15.8. The van der Waals surface area contributed by atoms with Gasteiger partial charge in [-0.05, 0) is 25.0 Å². The number of amides is 1. The number of ether oxygens (including phenoxy) is 2. The number of rotatable bonds is 9. The van der Waals surface area contributed by atoms with Crippen molar-refractivity contribution in [2.45, 2.75) is 32.4 Å². The number of hydrogen-bond donors (Lipinski definition) is 0. The Balaban J connectivity index is 1.67. The smallest absolute Gasteiger partial charge is 0.269 e. The molecular formula is C23H26N4O6. The number of non-ortho nitro benzene ring substituents is 1. The first kappa shape index (κ1) is 23.7. The zero-order valence-corrected chi connectivity index (χ0v) is 19.0.